The van der Waals surface area contributed by atoms with E-state index in [0.717, 1.165) is 0 Å². The van der Waals surface area contributed by atoms with Crippen molar-refractivity contribution >= 4 is 27.5 Å². The van der Waals surface area contributed by atoms with E-state index in [9.17, 15) is 4.79 Å². The third kappa shape index (κ3) is 2.14. The number of carboxylic acids is 1. The molecule has 4 heteroatoms. The predicted molar refractivity (Wildman–Crippen MR) is 57.4 cm³/mol. The van der Waals surface area contributed by atoms with Gasteiger partial charge in [-0.3, -0.25) is 0 Å². The maximum absolute atomic E-state index is 10.7. The molecule has 0 aliphatic rings. The van der Waals surface area contributed by atoms with Crippen molar-refractivity contribution in [3.05, 3.63) is 34.8 Å². The third-order valence-corrected chi connectivity index (χ3v) is 2.45. The Balaban J connectivity index is 3.19. The minimum absolute atomic E-state index is 0.0378. The molecule has 0 aliphatic carbocycles. The van der Waals surface area contributed by atoms with Crippen molar-refractivity contribution in [1.82, 2.24) is 0 Å². The summed E-state index contributed by atoms with van der Waals surface area (Å²) in [4.78, 5) is 10.7. The SMILES string of the molecule is C=C(C(=O)O)c1cc(OC)ccc1Br. The summed E-state index contributed by atoms with van der Waals surface area (Å²) in [5, 5.41) is 8.76. The lowest BCUT2D eigenvalue weighted by atomic mass is 10.1. The van der Waals surface area contributed by atoms with E-state index in [-0.39, 0.29) is 5.57 Å². The minimum Gasteiger partial charge on any atom is -0.497 e. The van der Waals surface area contributed by atoms with Gasteiger partial charge in [-0.25, -0.2) is 4.79 Å². The zero-order valence-electron chi connectivity index (χ0n) is 7.58. The standard InChI is InChI=1S/C10H9BrO3/c1-6(10(12)13)8-5-7(14-2)3-4-9(8)11/h3-5H,1H2,2H3,(H,12,13). The van der Waals surface area contributed by atoms with Crippen LogP contribution in [0.2, 0.25) is 0 Å². The topological polar surface area (TPSA) is 46.5 Å². The summed E-state index contributed by atoms with van der Waals surface area (Å²) in [6.45, 7) is 3.48. The summed E-state index contributed by atoms with van der Waals surface area (Å²) in [7, 11) is 1.52. The Morgan fingerprint density at radius 2 is 2.21 bits per heavy atom. The quantitative estimate of drug-likeness (QED) is 0.846. The van der Waals surface area contributed by atoms with E-state index in [1.165, 1.54) is 7.11 Å². The van der Waals surface area contributed by atoms with Crippen molar-refractivity contribution < 1.29 is 14.6 Å². The molecule has 1 aromatic carbocycles. The molecule has 0 unspecified atom stereocenters. The highest BCUT2D eigenvalue weighted by atomic mass is 79.9. The maximum atomic E-state index is 10.7. The van der Waals surface area contributed by atoms with Crippen molar-refractivity contribution in [2.24, 2.45) is 0 Å². The Hall–Kier alpha value is -1.29. The second-order valence-corrected chi connectivity index (χ2v) is 3.48. The van der Waals surface area contributed by atoms with Crippen molar-refractivity contribution in [3.8, 4) is 5.75 Å². The third-order valence-electron chi connectivity index (χ3n) is 1.76. The molecule has 0 heterocycles. The lowest BCUT2D eigenvalue weighted by Gasteiger charge is -2.06. The van der Waals surface area contributed by atoms with Gasteiger partial charge in [-0.05, 0) is 18.2 Å². The van der Waals surface area contributed by atoms with E-state index >= 15 is 0 Å². The fraction of sp³-hybridized carbons (Fsp3) is 0.100. The number of hydrogen-bond acceptors (Lipinski definition) is 2. The lowest BCUT2D eigenvalue weighted by Crippen LogP contribution is -1.99. The molecule has 1 N–H and O–H groups in total. The molecule has 0 radical (unpaired) electrons. The number of benzene rings is 1. The highest BCUT2D eigenvalue weighted by Crippen LogP contribution is 2.27. The minimum atomic E-state index is -1.04. The number of carbonyl (C=O) groups is 1. The van der Waals surface area contributed by atoms with E-state index in [2.05, 4.69) is 22.5 Å². The Morgan fingerprint density at radius 3 is 2.71 bits per heavy atom. The van der Waals surface area contributed by atoms with Crippen LogP contribution in [0.4, 0.5) is 0 Å². The predicted octanol–water partition coefficient (Wildman–Crippen LogP) is 2.56. The van der Waals surface area contributed by atoms with Gasteiger partial charge in [0.25, 0.3) is 0 Å². The summed E-state index contributed by atoms with van der Waals surface area (Å²) in [6.07, 6.45) is 0. The molecule has 0 aliphatic heterocycles. The number of hydrogen-bond donors (Lipinski definition) is 1. The van der Waals surface area contributed by atoms with Crippen LogP contribution in [0, 0.1) is 0 Å². The molecule has 0 bridgehead atoms. The second-order valence-electron chi connectivity index (χ2n) is 2.63. The van der Waals surface area contributed by atoms with Gasteiger partial charge in [0.2, 0.25) is 0 Å². The largest absolute Gasteiger partial charge is 0.497 e. The molecule has 0 fully saturated rings. The first-order valence-corrected chi connectivity index (χ1v) is 4.61. The molecule has 1 rings (SSSR count). The number of halogens is 1. The summed E-state index contributed by atoms with van der Waals surface area (Å²) >= 11 is 3.25. The first-order valence-electron chi connectivity index (χ1n) is 3.82. The van der Waals surface area contributed by atoms with Crippen LogP contribution in [-0.4, -0.2) is 18.2 Å². The van der Waals surface area contributed by atoms with Gasteiger partial charge in [0.15, 0.2) is 0 Å². The van der Waals surface area contributed by atoms with Gasteiger partial charge in [0.1, 0.15) is 5.75 Å². The second kappa shape index (κ2) is 4.28. The van der Waals surface area contributed by atoms with Gasteiger partial charge in [-0.1, -0.05) is 22.5 Å². The van der Waals surface area contributed by atoms with Crippen LogP contribution in [0.1, 0.15) is 5.56 Å². The molecule has 1 aromatic rings. The van der Waals surface area contributed by atoms with Crippen LogP contribution in [0.3, 0.4) is 0 Å². The summed E-state index contributed by atoms with van der Waals surface area (Å²) < 4.78 is 5.67. The van der Waals surface area contributed by atoms with E-state index < -0.39 is 5.97 Å². The first-order chi connectivity index (χ1) is 6.56. The van der Waals surface area contributed by atoms with Gasteiger partial charge >= 0.3 is 5.97 Å². The van der Waals surface area contributed by atoms with Gasteiger partial charge in [-0.15, -0.1) is 0 Å². The number of rotatable bonds is 3. The molecule has 0 amide bonds. The molecule has 0 saturated carbocycles. The van der Waals surface area contributed by atoms with E-state index in [1.54, 1.807) is 18.2 Å². The van der Waals surface area contributed by atoms with E-state index in [4.69, 9.17) is 9.84 Å². The molecule has 14 heavy (non-hydrogen) atoms. The van der Waals surface area contributed by atoms with Gasteiger partial charge in [0.05, 0.1) is 12.7 Å². The van der Waals surface area contributed by atoms with Crippen LogP contribution in [0.25, 0.3) is 5.57 Å². The summed E-state index contributed by atoms with van der Waals surface area (Å²) in [5.74, 6) is -0.440. The number of aliphatic carboxylic acids is 1. The average molecular weight is 257 g/mol. The van der Waals surface area contributed by atoms with Gasteiger partial charge in [0, 0.05) is 10.0 Å². The zero-order chi connectivity index (χ0) is 10.7. The maximum Gasteiger partial charge on any atom is 0.335 e. The first kappa shape index (κ1) is 10.8. The van der Waals surface area contributed by atoms with Crippen LogP contribution < -0.4 is 4.74 Å². The Bertz CT molecular complexity index is 385. The lowest BCUT2D eigenvalue weighted by molar-refractivity contribution is -0.130. The van der Waals surface area contributed by atoms with Gasteiger partial charge < -0.3 is 9.84 Å². The summed E-state index contributed by atoms with van der Waals surface area (Å²) in [5.41, 5.74) is 0.563. The number of ether oxygens (including phenoxy) is 1. The Kier molecular flexibility index (Phi) is 3.30. The smallest absolute Gasteiger partial charge is 0.335 e. The molecular formula is C10H9BrO3. The Morgan fingerprint density at radius 1 is 1.57 bits per heavy atom. The number of carboxylic acid groups (broad SMARTS) is 1. The Labute approximate surface area is 90.1 Å². The fourth-order valence-corrected chi connectivity index (χ4v) is 1.46. The van der Waals surface area contributed by atoms with Crippen LogP contribution in [0.15, 0.2) is 29.3 Å². The molecule has 0 saturated heterocycles. The fourth-order valence-electron chi connectivity index (χ4n) is 0.978. The van der Waals surface area contributed by atoms with E-state index in [1.807, 2.05) is 0 Å². The van der Waals surface area contributed by atoms with E-state index in [0.29, 0.717) is 15.8 Å². The molecule has 74 valence electrons. The van der Waals surface area contributed by atoms with Crippen molar-refractivity contribution in [2.75, 3.05) is 7.11 Å². The highest BCUT2D eigenvalue weighted by Gasteiger charge is 2.11. The molecular weight excluding hydrogens is 248 g/mol. The van der Waals surface area contributed by atoms with Crippen molar-refractivity contribution in [1.29, 1.82) is 0 Å². The molecule has 3 nitrogen and oxygen atoms in total. The zero-order valence-corrected chi connectivity index (χ0v) is 9.17. The normalized spacial score (nSPS) is 9.57. The van der Waals surface area contributed by atoms with Gasteiger partial charge in [-0.2, -0.15) is 0 Å². The van der Waals surface area contributed by atoms with Crippen molar-refractivity contribution in [2.45, 2.75) is 0 Å². The van der Waals surface area contributed by atoms with Crippen molar-refractivity contribution in [3.63, 3.8) is 0 Å². The summed E-state index contributed by atoms with van der Waals surface area (Å²) in [6, 6.07) is 5.09. The highest BCUT2D eigenvalue weighted by molar-refractivity contribution is 9.10. The molecule has 0 aromatic heterocycles. The van der Waals surface area contributed by atoms with Crippen LogP contribution in [-0.2, 0) is 4.79 Å². The molecule has 0 atom stereocenters. The van der Waals surface area contributed by atoms with Crippen LogP contribution >= 0.6 is 15.9 Å². The van der Waals surface area contributed by atoms with Crippen LogP contribution in [0.5, 0.6) is 5.75 Å². The average Bonchev–Trinajstić information content (AvgIpc) is 2.17. The number of methoxy groups -OCH3 is 1. The molecule has 0 spiro atoms. The monoisotopic (exact) mass is 256 g/mol.